The zero-order valence-electron chi connectivity index (χ0n) is 17.9. The van der Waals surface area contributed by atoms with Crippen molar-refractivity contribution in [2.45, 2.75) is 76.7 Å². The third kappa shape index (κ3) is 5.01. The van der Waals surface area contributed by atoms with Crippen molar-refractivity contribution < 1.29 is 13.9 Å². The smallest absolute Gasteiger partial charge is 0.237 e. The number of furan rings is 1. The Labute approximate surface area is 182 Å². The maximum atomic E-state index is 13.3. The zero-order valence-corrected chi connectivity index (χ0v) is 18.7. The quantitative estimate of drug-likeness (QED) is 0.561. The summed E-state index contributed by atoms with van der Waals surface area (Å²) in [5, 5.41) is 0.907. The summed E-state index contributed by atoms with van der Waals surface area (Å²) in [5.74, 6) is 1.28. The number of carbonyl (C=O) groups is 1. The normalized spacial score (nSPS) is 19.1. The molecule has 1 aliphatic carbocycles. The Morgan fingerprint density at radius 3 is 2.93 bits per heavy atom. The van der Waals surface area contributed by atoms with Crippen molar-refractivity contribution in [3.05, 3.63) is 47.3 Å². The number of aryl methyl sites for hydroxylation is 1. The van der Waals surface area contributed by atoms with E-state index >= 15 is 0 Å². The number of hydrogen-bond donors (Lipinski definition) is 0. The van der Waals surface area contributed by atoms with E-state index in [2.05, 4.69) is 17.6 Å². The van der Waals surface area contributed by atoms with Crippen molar-refractivity contribution in [2.75, 3.05) is 12.4 Å². The highest BCUT2D eigenvalue weighted by Crippen LogP contribution is 2.27. The standard InChI is InChI=1S/C23H31N3O3S/c1-17-18(2)25(14-20-10-6-12-28-20)23(24-17)30-16-22(27)26(15-21-11-7-13-29-21)19-8-4-3-5-9-19/h7-8,11,13,20H,3-6,9-10,12,14-16H2,1-2H3. The van der Waals surface area contributed by atoms with E-state index in [9.17, 15) is 4.79 Å². The minimum Gasteiger partial charge on any atom is -0.467 e. The first-order valence-electron chi connectivity index (χ1n) is 10.9. The lowest BCUT2D eigenvalue weighted by Gasteiger charge is -2.27. The minimum atomic E-state index is 0.103. The van der Waals surface area contributed by atoms with Crippen LogP contribution in [-0.4, -0.2) is 38.8 Å². The number of thioether (sulfide) groups is 1. The predicted molar refractivity (Wildman–Crippen MR) is 117 cm³/mol. The van der Waals surface area contributed by atoms with Gasteiger partial charge in [-0.3, -0.25) is 4.79 Å². The molecule has 1 fully saturated rings. The number of carbonyl (C=O) groups excluding carboxylic acids is 1. The first-order chi connectivity index (χ1) is 14.6. The second kappa shape index (κ2) is 9.88. The van der Waals surface area contributed by atoms with Gasteiger partial charge in [0.15, 0.2) is 5.16 Å². The van der Waals surface area contributed by atoms with Crippen LogP contribution < -0.4 is 0 Å². The van der Waals surface area contributed by atoms with Gasteiger partial charge in [0, 0.05) is 18.0 Å². The molecule has 0 saturated carbocycles. The first kappa shape index (κ1) is 21.2. The molecule has 0 bridgehead atoms. The van der Waals surface area contributed by atoms with E-state index in [0.717, 1.165) is 73.3 Å². The summed E-state index contributed by atoms with van der Waals surface area (Å²) in [6.45, 7) is 6.27. The number of ether oxygens (including phenoxy) is 1. The van der Waals surface area contributed by atoms with Crippen LogP contribution in [0.15, 0.2) is 39.7 Å². The van der Waals surface area contributed by atoms with Gasteiger partial charge in [0.1, 0.15) is 5.76 Å². The number of nitrogens with zero attached hydrogens (tertiary/aromatic N) is 3. The Balaban J connectivity index is 1.46. The van der Waals surface area contributed by atoms with E-state index in [1.54, 1.807) is 6.26 Å². The highest BCUT2D eigenvalue weighted by Gasteiger charge is 2.24. The Kier molecular flexibility index (Phi) is 7.00. The number of rotatable bonds is 8. The molecule has 7 heteroatoms. The fourth-order valence-electron chi connectivity index (χ4n) is 4.12. The van der Waals surface area contributed by atoms with Gasteiger partial charge in [0.05, 0.1) is 36.9 Å². The van der Waals surface area contributed by atoms with E-state index in [1.165, 1.54) is 18.2 Å². The van der Waals surface area contributed by atoms with Crippen LogP contribution >= 0.6 is 11.8 Å². The maximum absolute atomic E-state index is 13.3. The number of hydrogen-bond acceptors (Lipinski definition) is 5. The van der Waals surface area contributed by atoms with Crippen molar-refractivity contribution in [3.63, 3.8) is 0 Å². The molecular weight excluding hydrogens is 398 g/mol. The van der Waals surface area contributed by atoms with Gasteiger partial charge in [-0.2, -0.15) is 0 Å². The highest BCUT2D eigenvalue weighted by atomic mass is 32.2. The SMILES string of the molecule is Cc1nc(SCC(=O)N(Cc2ccco2)C2=CCCCC2)n(CC2CCCO2)c1C. The lowest BCUT2D eigenvalue weighted by atomic mass is 10.0. The molecule has 1 saturated heterocycles. The van der Waals surface area contributed by atoms with Gasteiger partial charge in [-0.15, -0.1) is 0 Å². The molecular formula is C23H31N3O3S. The fourth-order valence-corrected chi connectivity index (χ4v) is 5.10. The molecule has 2 aromatic heterocycles. The molecule has 0 N–H and O–H groups in total. The van der Waals surface area contributed by atoms with Crippen molar-refractivity contribution in [1.29, 1.82) is 0 Å². The summed E-state index contributed by atoms with van der Waals surface area (Å²) in [6, 6.07) is 3.80. The fraction of sp³-hybridized carbons (Fsp3) is 0.565. The van der Waals surface area contributed by atoms with E-state index in [0.29, 0.717) is 12.3 Å². The third-order valence-corrected chi connectivity index (χ3v) is 6.93. The topological polar surface area (TPSA) is 60.5 Å². The average molecular weight is 430 g/mol. The third-order valence-electron chi connectivity index (χ3n) is 5.97. The maximum Gasteiger partial charge on any atom is 0.237 e. The summed E-state index contributed by atoms with van der Waals surface area (Å²) in [4.78, 5) is 19.9. The van der Waals surface area contributed by atoms with E-state index < -0.39 is 0 Å². The zero-order chi connectivity index (χ0) is 20.9. The second-order valence-electron chi connectivity index (χ2n) is 8.10. The van der Waals surface area contributed by atoms with Crippen LogP contribution in [-0.2, 0) is 22.6 Å². The van der Waals surface area contributed by atoms with Gasteiger partial charge >= 0.3 is 0 Å². The molecule has 1 aliphatic heterocycles. The Morgan fingerprint density at radius 1 is 1.33 bits per heavy atom. The number of imidazole rings is 1. The van der Waals surface area contributed by atoms with Gasteiger partial charge in [-0.25, -0.2) is 4.98 Å². The Morgan fingerprint density at radius 2 is 2.23 bits per heavy atom. The lowest BCUT2D eigenvalue weighted by Crippen LogP contribution is -2.32. The van der Waals surface area contributed by atoms with Crippen LogP contribution in [0.1, 0.15) is 55.7 Å². The Hall–Kier alpha value is -1.99. The van der Waals surface area contributed by atoms with Crippen LogP contribution in [0, 0.1) is 13.8 Å². The predicted octanol–water partition coefficient (Wildman–Crippen LogP) is 4.85. The lowest BCUT2D eigenvalue weighted by molar-refractivity contribution is -0.127. The molecule has 1 atom stereocenters. The molecule has 4 rings (SSSR count). The monoisotopic (exact) mass is 429 g/mol. The molecule has 30 heavy (non-hydrogen) atoms. The molecule has 1 unspecified atom stereocenters. The molecule has 0 radical (unpaired) electrons. The summed E-state index contributed by atoms with van der Waals surface area (Å²) in [6.07, 6.45) is 10.6. The van der Waals surface area contributed by atoms with Gasteiger partial charge in [0.25, 0.3) is 0 Å². The highest BCUT2D eigenvalue weighted by molar-refractivity contribution is 7.99. The average Bonchev–Trinajstić information content (AvgIpc) is 3.51. The molecule has 1 amide bonds. The summed E-state index contributed by atoms with van der Waals surface area (Å²) >= 11 is 1.53. The van der Waals surface area contributed by atoms with Crippen molar-refractivity contribution in [1.82, 2.24) is 14.5 Å². The molecule has 2 aromatic rings. The molecule has 162 valence electrons. The molecule has 0 spiro atoms. The van der Waals surface area contributed by atoms with Crippen LogP contribution in [0.3, 0.4) is 0 Å². The van der Waals surface area contributed by atoms with Crippen molar-refractivity contribution >= 4 is 17.7 Å². The van der Waals surface area contributed by atoms with Gasteiger partial charge < -0.3 is 18.6 Å². The molecule has 6 nitrogen and oxygen atoms in total. The molecule has 2 aliphatic rings. The van der Waals surface area contributed by atoms with Crippen molar-refractivity contribution in [3.8, 4) is 0 Å². The number of aromatic nitrogens is 2. The Bertz CT molecular complexity index is 882. The first-order valence-corrected chi connectivity index (χ1v) is 11.9. The summed E-state index contributed by atoms with van der Waals surface area (Å²) in [7, 11) is 0. The van der Waals surface area contributed by atoms with E-state index in [4.69, 9.17) is 14.1 Å². The summed E-state index contributed by atoms with van der Waals surface area (Å²) < 4.78 is 13.6. The van der Waals surface area contributed by atoms with Gasteiger partial charge in [-0.05, 0) is 64.5 Å². The van der Waals surface area contributed by atoms with E-state index in [-0.39, 0.29) is 12.0 Å². The van der Waals surface area contributed by atoms with E-state index in [1.807, 2.05) is 24.0 Å². The van der Waals surface area contributed by atoms with Crippen LogP contribution in [0.2, 0.25) is 0 Å². The molecule has 3 heterocycles. The minimum absolute atomic E-state index is 0.103. The van der Waals surface area contributed by atoms with Crippen LogP contribution in [0.4, 0.5) is 0 Å². The largest absolute Gasteiger partial charge is 0.467 e. The van der Waals surface area contributed by atoms with Crippen LogP contribution in [0.5, 0.6) is 0 Å². The second-order valence-corrected chi connectivity index (χ2v) is 9.04. The number of amides is 1. The van der Waals surface area contributed by atoms with Crippen molar-refractivity contribution in [2.24, 2.45) is 0 Å². The van der Waals surface area contributed by atoms with Gasteiger partial charge in [-0.1, -0.05) is 17.8 Å². The summed E-state index contributed by atoms with van der Waals surface area (Å²) in [5.41, 5.74) is 3.30. The number of allylic oxidation sites excluding steroid dienone is 2. The van der Waals surface area contributed by atoms with Gasteiger partial charge in [0.2, 0.25) is 5.91 Å². The van der Waals surface area contributed by atoms with Crippen LogP contribution in [0.25, 0.3) is 0 Å². The molecule has 0 aromatic carbocycles.